The van der Waals surface area contributed by atoms with Gasteiger partial charge in [-0.25, -0.2) is 4.90 Å². The van der Waals surface area contributed by atoms with Crippen molar-refractivity contribution < 1.29 is 19.1 Å². The number of carbonyl (C=O) groups is 2. The van der Waals surface area contributed by atoms with Crippen molar-refractivity contribution in [3.63, 3.8) is 0 Å². The van der Waals surface area contributed by atoms with Crippen molar-refractivity contribution in [3.05, 3.63) is 47.8 Å². The number of aromatic nitrogens is 1. The molecule has 0 spiro atoms. The van der Waals surface area contributed by atoms with Crippen LogP contribution in [0.25, 0.3) is 11.6 Å². The number of rotatable bonds is 4. The van der Waals surface area contributed by atoms with Crippen LogP contribution in [-0.2, 0) is 14.3 Å². The topological polar surface area (TPSA) is 71.6 Å². The number of ether oxygens (including phenoxy) is 2. The van der Waals surface area contributed by atoms with Crippen molar-refractivity contribution in [2.45, 2.75) is 12.8 Å². The zero-order chi connectivity index (χ0) is 18.5. The fraction of sp³-hybridized carbons (Fsp3) is 0.200. The number of H-pyrrole nitrogens is 1. The fourth-order valence-corrected chi connectivity index (χ4v) is 2.70. The van der Waals surface area contributed by atoms with Gasteiger partial charge >= 0.3 is 5.97 Å². The summed E-state index contributed by atoms with van der Waals surface area (Å²) >= 11 is 0. The molecule has 0 radical (unpaired) electrons. The quantitative estimate of drug-likeness (QED) is 0.523. The van der Waals surface area contributed by atoms with E-state index >= 15 is 0 Å². The number of methoxy groups -OCH3 is 2. The maximum Gasteiger partial charge on any atom is 0.306 e. The normalized spacial score (nSPS) is 14.0. The Morgan fingerprint density at radius 3 is 2.85 bits per heavy atom. The number of aromatic amines is 1. The monoisotopic (exact) mass is 350 g/mol. The average molecular weight is 350 g/mol. The molecular formula is C20H18N2O4. The van der Waals surface area contributed by atoms with Crippen LogP contribution >= 0.6 is 0 Å². The maximum absolute atomic E-state index is 12.9. The van der Waals surface area contributed by atoms with Crippen LogP contribution in [0.5, 0.6) is 5.75 Å². The van der Waals surface area contributed by atoms with E-state index in [2.05, 4.69) is 21.7 Å². The van der Waals surface area contributed by atoms with Gasteiger partial charge in [-0.05, 0) is 18.2 Å². The van der Waals surface area contributed by atoms with Crippen molar-refractivity contribution in [1.82, 2.24) is 4.98 Å². The number of carbonyl (C=O) groups excluding carboxylic acids is 2. The van der Waals surface area contributed by atoms with E-state index in [0.29, 0.717) is 23.4 Å². The lowest BCUT2D eigenvalue weighted by Crippen LogP contribution is -2.20. The maximum atomic E-state index is 12.9. The van der Waals surface area contributed by atoms with E-state index in [1.165, 1.54) is 12.0 Å². The van der Waals surface area contributed by atoms with Crippen molar-refractivity contribution in [1.29, 1.82) is 0 Å². The Morgan fingerprint density at radius 2 is 2.08 bits per heavy atom. The summed E-state index contributed by atoms with van der Waals surface area (Å²) in [6, 6.07) is 12.1. The lowest BCUT2D eigenvalue weighted by molar-refractivity contribution is -0.140. The Labute approximate surface area is 151 Å². The zero-order valence-electron chi connectivity index (χ0n) is 14.5. The van der Waals surface area contributed by atoms with Gasteiger partial charge in [0.15, 0.2) is 0 Å². The lowest BCUT2D eigenvalue weighted by Gasteiger charge is -2.07. The van der Waals surface area contributed by atoms with Gasteiger partial charge in [0.2, 0.25) is 0 Å². The summed E-state index contributed by atoms with van der Waals surface area (Å²) in [7, 11) is 2.91. The molecule has 2 heterocycles. The third kappa shape index (κ3) is 3.33. The summed E-state index contributed by atoms with van der Waals surface area (Å²) in [5, 5.41) is 0. The summed E-state index contributed by atoms with van der Waals surface area (Å²) in [5.41, 5.74) is 2.77. The minimum atomic E-state index is -0.327. The molecular weight excluding hydrogens is 332 g/mol. The molecule has 0 fully saturated rings. The molecule has 6 nitrogen and oxygen atoms in total. The number of nitrogens with zero attached hydrogens (tertiary/aromatic N) is 1. The van der Waals surface area contributed by atoms with Crippen LogP contribution in [0.3, 0.4) is 0 Å². The van der Waals surface area contributed by atoms with E-state index in [4.69, 9.17) is 4.74 Å². The van der Waals surface area contributed by atoms with E-state index in [-0.39, 0.29) is 18.3 Å². The highest BCUT2D eigenvalue weighted by Crippen LogP contribution is 2.37. The molecule has 1 aliphatic rings. The van der Waals surface area contributed by atoms with E-state index in [0.717, 1.165) is 11.3 Å². The number of hydrogen-bond donors (Lipinski definition) is 1. The number of nitrogens with one attached hydrogen (secondary N) is 1. The summed E-state index contributed by atoms with van der Waals surface area (Å²) in [4.78, 5) is 28.5. The van der Waals surface area contributed by atoms with Gasteiger partial charge in [-0.1, -0.05) is 24.1 Å². The highest BCUT2D eigenvalue weighted by atomic mass is 16.5. The predicted molar refractivity (Wildman–Crippen MR) is 98.2 cm³/mol. The molecule has 2 aromatic rings. The summed E-state index contributed by atoms with van der Waals surface area (Å²) < 4.78 is 9.87. The number of fused-ring (bicyclic) bond motifs is 1. The molecule has 1 aromatic carbocycles. The van der Waals surface area contributed by atoms with Crippen molar-refractivity contribution in [2.24, 2.45) is 0 Å². The molecule has 1 amide bonds. The molecule has 0 bridgehead atoms. The number of anilines is 1. The minimum Gasteiger partial charge on any atom is -0.495 e. The molecule has 3 rings (SSSR count). The number of hydrogen-bond acceptors (Lipinski definition) is 4. The summed E-state index contributed by atoms with van der Waals surface area (Å²) in [6.45, 7) is 0. The third-order valence-electron chi connectivity index (χ3n) is 3.99. The Balaban J connectivity index is 1.92. The Kier molecular flexibility index (Phi) is 5.09. The van der Waals surface area contributed by atoms with Gasteiger partial charge in [-0.3, -0.25) is 9.59 Å². The number of benzene rings is 1. The van der Waals surface area contributed by atoms with Crippen LogP contribution in [0.15, 0.2) is 36.5 Å². The highest BCUT2D eigenvalue weighted by molar-refractivity contribution is 6.36. The van der Waals surface area contributed by atoms with E-state index in [1.54, 1.807) is 25.4 Å². The Morgan fingerprint density at radius 1 is 1.27 bits per heavy atom. The number of esters is 1. The SMILES string of the molecule is COC(=O)CCC#CN1C(=O)C(=Cc2[nH]ccc2OC)c2ccccc21. The molecule has 1 aliphatic heterocycles. The minimum absolute atomic E-state index is 0.190. The average Bonchev–Trinajstić information content (AvgIpc) is 3.22. The molecule has 1 aromatic heterocycles. The number of amides is 1. The van der Waals surface area contributed by atoms with Crippen LogP contribution in [0, 0.1) is 12.0 Å². The van der Waals surface area contributed by atoms with E-state index in [1.807, 2.05) is 24.3 Å². The molecule has 132 valence electrons. The zero-order valence-corrected chi connectivity index (χ0v) is 14.5. The molecule has 6 heteroatoms. The molecule has 0 saturated heterocycles. The highest BCUT2D eigenvalue weighted by Gasteiger charge is 2.31. The molecule has 0 atom stereocenters. The second-order valence-corrected chi connectivity index (χ2v) is 5.54. The van der Waals surface area contributed by atoms with Gasteiger partial charge in [0, 0.05) is 24.2 Å². The fourth-order valence-electron chi connectivity index (χ4n) is 2.70. The first-order valence-corrected chi connectivity index (χ1v) is 8.08. The largest absolute Gasteiger partial charge is 0.495 e. The van der Waals surface area contributed by atoms with Crippen LogP contribution < -0.4 is 9.64 Å². The van der Waals surface area contributed by atoms with Gasteiger partial charge in [-0.15, -0.1) is 0 Å². The standard InChI is InChI=1S/C20H18N2O4/c1-25-18-10-11-21-16(18)13-15-14-7-3-4-8-17(14)22(20(15)24)12-6-5-9-19(23)26-2/h3-4,7-8,10-11,13,21H,5,9H2,1-2H3. The lowest BCUT2D eigenvalue weighted by atomic mass is 10.1. The first-order valence-electron chi connectivity index (χ1n) is 8.08. The molecule has 0 saturated carbocycles. The Hall–Kier alpha value is -3.46. The summed E-state index contributed by atoms with van der Waals surface area (Å²) in [6.07, 6.45) is 4.02. The van der Waals surface area contributed by atoms with Gasteiger partial charge < -0.3 is 14.5 Å². The van der Waals surface area contributed by atoms with Gasteiger partial charge in [0.25, 0.3) is 5.91 Å². The molecule has 0 aliphatic carbocycles. The van der Waals surface area contributed by atoms with Crippen molar-refractivity contribution in [2.75, 3.05) is 19.1 Å². The predicted octanol–water partition coefficient (Wildman–Crippen LogP) is 2.82. The second kappa shape index (κ2) is 7.62. The molecule has 1 N–H and O–H groups in total. The van der Waals surface area contributed by atoms with Gasteiger partial charge in [0.05, 0.1) is 37.6 Å². The van der Waals surface area contributed by atoms with Crippen LogP contribution in [0.4, 0.5) is 5.69 Å². The van der Waals surface area contributed by atoms with E-state index < -0.39 is 0 Å². The summed E-state index contributed by atoms with van der Waals surface area (Å²) in [5.74, 6) is 2.98. The first-order chi connectivity index (χ1) is 12.7. The van der Waals surface area contributed by atoms with E-state index in [9.17, 15) is 9.59 Å². The molecule has 0 unspecified atom stereocenters. The van der Waals surface area contributed by atoms with Gasteiger partial charge in [0.1, 0.15) is 5.75 Å². The number of para-hydroxylation sites is 1. The van der Waals surface area contributed by atoms with Gasteiger partial charge in [-0.2, -0.15) is 0 Å². The third-order valence-corrected chi connectivity index (χ3v) is 3.99. The van der Waals surface area contributed by atoms with Crippen molar-refractivity contribution in [3.8, 4) is 17.7 Å². The van der Waals surface area contributed by atoms with Crippen LogP contribution in [-0.4, -0.2) is 31.1 Å². The Bertz CT molecular complexity index is 931. The smallest absolute Gasteiger partial charge is 0.306 e. The first kappa shape index (κ1) is 17.4. The molecule has 26 heavy (non-hydrogen) atoms. The van der Waals surface area contributed by atoms with Crippen molar-refractivity contribution >= 4 is 29.2 Å². The van der Waals surface area contributed by atoms with Crippen LogP contribution in [0.1, 0.15) is 24.1 Å². The second-order valence-electron chi connectivity index (χ2n) is 5.54. The van der Waals surface area contributed by atoms with Crippen LogP contribution in [0.2, 0.25) is 0 Å².